The van der Waals surface area contributed by atoms with E-state index in [0.717, 1.165) is 5.56 Å². The van der Waals surface area contributed by atoms with Crippen LogP contribution in [0.15, 0.2) is 42.5 Å². The van der Waals surface area contributed by atoms with E-state index in [1.165, 1.54) is 0 Å². The van der Waals surface area contributed by atoms with Gasteiger partial charge in [-0.3, -0.25) is 4.79 Å². The summed E-state index contributed by atoms with van der Waals surface area (Å²) in [5.74, 6) is 1.30. The van der Waals surface area contributed by atoms with Crippen LogP contribution in [0, 0.1) is 0 Å². The molecule has 1 amide bonds. The maximum atomic E-state index is 12.4. The van der Waals surface area contributed by atoms with Crippen LogP contribution in [-0.4, -0.2) is 32.1 Å². The first kappa shape index (κ1) is 16.2. The van der Waals surface area contributed by atoms with Gasteiger partial charge >= 0.3 is 0 Å². The van der Waals surface area contributed by atoms with Crippen molar-refractivity contribution < 1.29 is 14.3 Å². The number of halogens is 1. The van der Waals surface area contributed by atoms with Crippen LogP contribution in [0.2, 0.25) is 5.02 Å². The predicted molar refractivity (Wildman–Crippen MR) is 86.8 cm³/mol. The lowest BCUT2D eigenvalue weighted by Gasteiger charge is -2.19. The molecule has 2 aromatic rings. The van der Waals surface area contributed by atoms with Gasteiger partial charge in [0.1, 0.15) is 11.5 Å². The maximum Gasteiger partial charge on any atom is 0.253 e. The monoisotopic (exact) mass is 319 g/mol. The van der Waals surface area contributed by atoms with Crippen LogP contribution >= 0.6 is 11.6 Å². The molecule has 0 saturated heterocycles. The number of amides is 1. The van der Waals surface area contributed by atoms with Crippen molar-refractivity contribution in [3.8, 4) is 11.5 Å². The molecule has 116 valence electrons. The topological polar surface area (TPSA) is 38.8 Å². The predicted octanol–water partition coefficient (Wildman–Crippen LogP) is 3.63. The SMILES string of the molecule is COc1ccc(CN(C)C(=O)c2cccc(Cl)c2)c(OC)c1. The number of hydrogen-bond donors (Lipinski definition) is 0. The second kappa shape index (κ2) is 7.18. The molecule has 0 radical (unpaired) electrons. The second-order valence-corrected chi connectivity index (χ2v) is 5.29. The Morgan fingerprint density at radius 1 is 1.14 bits per heavy atom. The summed E-state index contributed by atoms with van der Waals surface area (Å²) >= 11 is 5.93. The number of carbonyl (C=O) groups excluding carboxylic acids is 1. The molecule has 0 fully saturated rings. The fourth-order valence-corrected chi connectivity index (χ4v) is 2.34. The highest BCUT2D eigenvalue weighted by Crippen LogP contribution is 2.26. The van der Waals surface area contributed by atoms with Gasteiger partial charge in [0.25, 0.3) is 5.91 Å². The van der Waals surface area contributed by atoms with Gasteiger partial charge in [-0.25, -0.2) is 0 Å². The van der Waals surface area contributed by atoms with Crippen LogP contribution in [0.1, 0.15) is 15.9 Å². The number of ether oxygens (including phenoxy) is 2. The third kappa shape index (κ3) is 3.71. The van der Waals surface area contributed by atoms with Crippen LogP contribution in [0.25, 0.3) is 0 Å². The minimum absolute atomic E-state index is 0.0969. The smallest absolute Gasteiger partial charge is 0.253 e. The number of benzene rings is 2. The molecule has 0 saturated carbocycles. The fraction of sp³-hybridized carbons (Fsp3) is 0.235. The van der Waals surface area contributed by atoms with Crippen molar-refractivity contribution in [2.45, 2.75) is 6.54 Å². The molecule has 0 atom stereocenters. The van der Waals surface area contributed by atoms with Crippen molar-refractivity contribution in [2.75, 3.05) is 21.3 Å². The van der Waals surface area contributed by atoms with Crippen molar-refractivity contribution in [3.05, 3.63) is 58.6 Å². The lowest BCUT2D eigenvalue weighted by molar-refractivity contribution is 0.0784. The van der Waals surface area contributed by atoms with Gasteiger partial charge in [-0.1, -0.05) is 17.7 Å². The number of nitrogens with zero attached hydrogens (tertiary/aromatic N) is 1. The van der Waals surface area contributed by atoms with Crippen LogP contribution in [-0.2, 0) is 6.54 Å². The number of methoxy groups -OCH3 is 2. The van der Waals surface area contributed by atoms with Crippen LogP contribution < -0.4 is 9.47 Å². The Labute approximate surface area is 135 Å². The molecule has 0 aliphatic carbocycles. The quantitative estimate of drug-likeness (QED) is 0.844. The molecule has 0 heterocycles. The molecular formula is C17H18ClNO3. The van der Waals surface area contributed by atoms with Gasteiger partial charge in [0.05, 0.1) is 14.2 Å². The molecule has 2 rings (SSSR count). The molecule has 22 heavy (non-hydrogen) atoms. The van der Waals surface area contributed by atoms with Crippen molar-refractivity contribution in [1.82, 2.24) is 4.90 Å². The zero-order valence-electron chi connectivity index (χ0n) is 12.8. The summed E-state index contributed by atoms with van der Waals surface area (Å²) in [6.07, 6.45) is 0. The summed E-state index contributed by atoms with van der Waals surface area (Å²) in [6.45, 7) is 0.429. The highest BCUT2D eigenvalue weighted by molar-refractivity contribution is 6.30. The first-order valence-electron chi connectivity index (χ1n) is 6.77. The Morgan fingerprint density at radius 2 is 1.91 bits per heavy atom. The zero-order valence-corrected chi connectivity index (χ0v) is 13.6. The molecule has 0 bridgehead atoms. The summed E-state index contributed by atoms with van der Waals surface area (Å²) in [6, 6.07) is 12.4. The Bertz CT molecular complexity index is 673. The lowest BCUT2D eigenvalue weighted by Crippen LogP contribution is -2.26. The van der Waals surface area contributed by atoms with Gasteiger partial charge in [-0.05, 0) is 30.3 Å². The third-order valence-corrected chi connectivity index (χ3v) is 3.56. The second-order valence-electron chi connectivity index (χ2n) is 4.85. The summed E-state index contributed by atoms with van der Waals surface area (Å²) in [5, 5.41) is 0.543. The molecule has 0 aliphatic heterocycles. The average molecular weight is 320 g/mol. The van der Waals surface area contributed by atoms with Crippen LogP contribution in [0.4, 0.5) is 0 Å². The first-order valence-corrected chi connectivity index (χ1v) is 7.15. The third-order valence-electron chi connectivity index (χ3n) is 3.32. The van der Waals surface area contributed by atoms with Crippen molar-refractivity contribution in [1.29, 1.82) is 0 Å². The molecule has 0 unspecified atom stereocenters. The van der Waals surface area contributed by atoms with E-state index in [1.807, 2.05) is 12.1 Å². The van der Waals surface area contributed by atoms with Crippen molar-refractivity contribution in [3.63, 3.8) is 0 Å². The standard InChI is InChI=1S/C17H18ClNO3/c1-19(17(20)12-5-4-6-14(18)9-12)11-13-7-8-15(21-2)10-16(13)22-3/h4-10H,11H2,1-3H3. The molecule has 2 aromatic carbocycles. The van der Waals surface area contributed by atoms with Crippen molar-refractivity contribution in [2.24, 2.45) is 0 Å². The van der Waals surface area contributed by atoms with Gasteiger partial charge in [0.2, 0.25) is 0 Å². The normalized spacial score (nSPS) is 10.2. The molecule has 0 aliphatic rings. The highest BCUT2D eigenvalue weighted by Gasteiger charge is 2.15. The number of hydrogen-bond acceptors (Lipinski definition) is 3. The van der Waals surface area contributed by atoms with E-state index in [1.54, 1.807) is 56.5 Å². The van der Waals surface area contributed by atoms with E-state index >= 15 is 0 Å². The molecule has 0 aromatic heterocycles. The van der Waals surface area contributed by atoms with Gasteiger partial charge in [-0.2, -0.15) is 0 Å². The fourth-order valence-electron chi connectivity index (χ4n) is 2.15. The summed E-state index contributed by atoms with van der Waals surface area (Å²) in [5.41, 5.74) is 1.46. The van der Waals surface area contributed by atoms with E-state index in [4.69, 9.17) is 21.1 Å². The summed E-state index contributed by atoms with van der Waals surface area (Å²) in [4.78, 5) is 14.0. The Balaban J connectivity index is 2.18. The highest BCUT2D eigenvalue weighted by atomic mass is 35.5. The molecular weight excluding hydrogens is 302 g/mol. The molecule has 4 nitrogen and oxygen atoms in total. The van der Waals surface area contributed by atoms with Gasteiger partial charge in [-0.15, -0.1) is 0 Å². The van der Waals surface area contributed by atoms with E-state index < -0.39 is 0 Å². The van der Waals surface area contributed by atoms with E-state index in [9.17, 15) is 4.79 Å². The minimum Gasteiger partial charge on any atom is -0.497 e. The minimum atomic E-state index is -0.0969. The Morgan fingerprint density at radius 3 is 2.55 bits per heavy atom. The van der Waals surface area contributed by atoms with Crippen molar-refractivity contribution >= 4 is 17.5 Å². The largest absolute Gasteiger partial charge is 0.497 e. The number of rotatable bonds is 5. The summed E-state index contributed by atoms with van der Waals surface area (Å²) < 4.78 is 10.5. The van der Waals surface area contributed by atoms with Gasteiger partial charge in [0.15, 0.2) is 0 Å². The van der Waals surface area contributed by atoms with E-state index in [-0.39, 0.29) is 5.91 Å². The molecule has 0 N–H and O–H groups in total. The zero-order chi connectivity index (χ0) is 16.1. The van der Waals surface area contributed by atoms with Crippen LogP contribution in [0.5, 0.6) is 11.5 Å². The summed E-state index contributed by atoms with van der Waals surface area (Å²) in [7, 11) is 4.94. The average Bonchev–Trinajstić information content (AvgIpc) is 2.54. The molecule has 5 heteroatoms. The number of carbonyl (C=O) groups is 1. The van der Waals surface area contributed by atoms with Crippen LogP contribution in [0.3, 0.4) is 0 Å². The maximum absolute atomic E-state index is 12.4. The van der Waals surface area contributed by atoms with Gasteiger partial charge in [0, 0.05) is 35.8 Å². The van der Waals surface area contributed by atoms with Gasteiger partial charge < -0.3 is 14.4 Å². The first-order chi connectivity index (χ1) is 10.5. The van der Waals surface area contributed by atoms with E-state index in [2.05, 4.69) is 0 Å². The molecule has 0 spiro atoms. The lowest BCUT2D eigenvalue weighted by atomic mass is 10.1. The Hall–Kier alpha value is -2.20. The van der Waals surface area contributed by atoms with E-state index in [0.29, 0.717) is 28.6 Å². The Kier molecular flexibility index (Phi) is 5.28.